The summed E-state index contributed by atoms with van der Waals surface area (Å²) in [4.78, 5) is 25.9. The second-order valence-electron chi connectivity index (χ2n) is 4.51. The lowest BCUT2D eigenvalue weighted by Crippen LogP contribution is -2.15. The van der Waals surface area contributed by atoms with E-state index in [9.17, 15) is 14.0 Å². The van der Waals surface area contributed by atoms with E-state index in [1.165, 1.54) is 25.1 Å². The molecule has 0 saturated heterocycles. The molecule has 1 heterocycles. The predicted molar refractivity (Wildman–Crippen MR) is 79.3 cm³/mol. The Labute approximate surface area is 128 Å². The third-order valence-electron chi connectivity index (χ3n) is 3.06. The molecule has 3 N–H and O–H groups in total. The van der Waals surface area contributed by atoms with Gasteiger partial charge in [0, 0.05) is 10.2 Å². The molecule has 2 rings (SSSR count). The molecule has 0 saturated carbocycles. The van der Waals surface area contributed by atoms with Gasteiger partial charge < -0.3 is 15.4 Å². The van der Waals surface area contributed by atoms with Gasteiger partial charge >= 0.3 is 5.97 Å². The number of nitrogens with one attached hydrogen (secondary N) is 2. The molecule has 110 valence electrons. The van der Waals surface area contributed by atoms with Gasteiger partial charge in [-0.2, -0.15) is 0 Å². The first-order chi connectivity index (χ1) is 9.81. The predicted octanol–water partition coefficient (Wildman–Crippen LogP) is 3.48. The minimum atomic E-state index is -1.15. The summed E-state index contributed by atoms with van der Waals surface area (Å²) in [6.07, 6.45) is 0. The molecule has 0 aliphatic rings. The van der Waals surface area contributed by atoms with Gasteiger partial charge in [0.15, 0.2) is 0 Å². The van der Waals surface area contributed by atoms with Crippen LogP contribution in [0.4, 0.5) is 10.1 Å². The molecular weight excluding hydrogens is 343 g/mol. The van der Waals surface area contributed by atoms with E-state index in [0.29, 0.717) is 15.7 Å². The maximum absolute atomic E-state index is 13.6. The van der Waals surface area contributed by atoms with Gasteiger partial charge in [-0.3, -0.25) is 4.79 Å². The van der Waals surface area contributed by atoms with Crippen LogP contribution in [0, 0.1) is 19.7 Å². The van der Waals surface area contributed by atoms with Crippen molar-refractivity contribution in [2.24, 2.45) is 0 Å². The minimum absolute atomic E-state index is 0.0197. The van der Waals surface area contributed by atoms with E-state index >= 15 is 0 Å². The maximum atomic E-state index is 13.6. The first kappa shape index (κ1) is 15.2. The lowest BCUT2D eigenvalue weighted by molar-refractivity contribution is 0.0690. The van der Waals surface area contributed by atoms with E-state index in [1.807, 2.05) is 0 Å². The van der Waals surface area contributed by atoms with Crippen LogP contribution in [0.15, 0.2) is 22.7 Å². The van der Waals surface area contributed by atoms with E-state index in [4.69, 9.17) is 5.11 Å². The topological polar surface area (TPSA) is 82.2 Å². The number of anilines is 1. The van der Waals surface area contributed by atoms with Crippen LogP contribution >= 0.6 is 15.9 Å². The third kappa shape index (κ3) is 2.97. The number of H-pyrrole nitrogens is 1. The van der Waals surface area contributed by atoms with E-state index in [-0.39, 0.29) is 16.9 Å². The Bertz CT molecular complexity index is 740. The first-order valence-electron chi connectivity index (χ1n) is 6.00. The number of aryl methyl sites for hydroxylation is 1. The highest BCUT2D eigenvalue weighted by molar-refractivity contribution is 9.10. The molecule has 5 nitrogen and oxygen atoms in total. The number of rotatable bonds is 3. The molecule has 7 heteroatoms. The minimum Gasteiger partial charge on any atom is -0.477 e. The van der Waals surface area contributed by atoms with Gasteiger partial charge in [0.25, 0.3) is 5.91 Å². The lowest BCUT2D eigenvalue weighted by atomic mass is 10.1. The molecule has 0 unspecified atom stereocenters. The molecule has 2 aromatic rings. The van der Waals surface area contributed by atoms with Crippen LogP contribution in [0.3, 0.4) is 0 Å². The van der Waals surface area contributed by atoms with Crippen molar-refractivity contribution in [2.75, 3.05) is 5.32 Å². The number of hydrogen-bond donors (Lipinski definition) is 3. The van der Waals surface area contributed by atoms with Crippen LogP contribution in [-0.2, 0) is 0 Å². The number of carbonyl (C=O) groups is 2. The number of aromatic carboxylic acids is 1. The number of hydrogen-bond acceptors (Lipinski definition) is 2. The summed E-state index contributed by atoms with van der Waals surface area (Å²) in [7, 11) is 0. The van der Waals surface area contributed by atoms with Crippen LogP contribution in [0.1, 0.15) is 32.1 Å². The number of amides is 1. The second kappa shape index (κ2) is 5.69. The lowest BCUT2D eigenvalue weighted by Gasteiger charge is -2.07. The van der Waals surface area contributed by atoms with Gasteiger partial charge in [-0.05, 0) is 37.6 Å². The third-order valence-corrected chi connectivity index (χ3v) is 3.55. The number of carboxylic acids is 1. The summed E-state index contributed by atoms with van der Waals surface area (Å²) in [5.41, 5.74) is 0.899. The largest absolute Gasteiger partial charge is 0.477 e. The Kier molecular flexibility index (Phi) is 4.13. The number of carboxylic acid groups (broad SMARTS) is 1. The summed E-state index contributed by atoms with van der Waals surface area (Å²) in [6, 6.07) is 4.17. The molecular formula is C14H12BrFN2O3. The molecule has 0 atom stereocenters. The van der Waals surface area contributed by atoms with E-state index in [0.717, 1.165) is 0 Å². The van der Waals surface area contributed by atoms with Crippen LogP contribution < -0.4 is 5.32 Å². The first-order valence-corrected chi connectivity index (χ1v) is 6.79. The fraction of sp³-hybridized carbons (Fsp3) is 0.143. The zero-order chi connectivity index (χ0) is 15.7. The van der Waals surface area contributed by atoms with Gasteiger partial charge in [-0.1, -0.05) is 15.9 Å². The molecule has 0 aliphatic heterocycles. The molecule has 1 aromatic carbocycles. The molecule has 0 fully saturated rings. The second-order valence-corrected chi connectivity index (χ2v) is 5.42. The van der Waals surface area contributed by atoms with Gasteiger partial charge in [0.05, 0.1) is 11.3 Å². The summed E-state index contributed by atoms with van der Waals surface area (Å²) in [5, 5.41) is 11.5. The Hall–Kier alpha value is -2.15. The Morgan fingerprint density at radius 1 is 1.33 bits per heavy atom. The van der Waals surface area contributed by atoms with Crippen molar-refractivity contribution in [3.05, 3.63) is 51.0 Å². The Balaban J connectivity index is 2.37. The van der Waals surface area contributed by atoms with Gasteiger partial charge in [0.2, 0.25) is 0 Å². The van der Waals surface area contributed by atoms with Crippen LogP contribution in [0.2, 0.25) is 0 Å². The summed E-state index contributed by atoms with van der Waals surface area (Å²) < 4.78 is 14.3. The molecule has 0 aliphatic carbocycles. The van der Waals surface area contributed by atoms with E-state index < -0.39 is 17.7 Å². The normalized spacial score (nSPS) is 10.5. The molecule has 0 radical (unpaired) electrons. The molecule has 0 spiro atoms. The maximum Gasteiger partial charge on any atom is 0.352 e. The summed E-state index contributed by atoms with van der Waals surface area (Å²) in [6.45, 7) is 3.12. The monoisotopic (exact) mass is 354 g/mol. The van der Waals surface area contributed by atoms with E-state index in [2.05, 4.69) is 26.2 Å². The standard InChI is InChI=1S/C14H12BrFN2O3/c1-6-11(7(2)17-12(6)14(20)21)13(19)18-10-5-8(15)3-4-9(10)16/h3-5,17H,1-2H3,(H,18,19)(H,20,21). The summed E-state index contributed by atoms with van der Waals surface area (Å²) in [5.74, 6) is -2.29. The van der Waals surface area contributed by atoms with Crippen molar-refractivity contribution >= 4 is 33.5 Å². The van der Waals surface area contributed by atoms with Gasteiger partial charge in [-0.25, -0.2) is 9.18 Å². The number of halogens is 2. The van der Waals surface area contributed by atoms with Gasteiger partial charge in [0.1, 0.15) is 11.5 Å². The quantitative estimate of drug-likeness (QED) is 0.788. The van der Waals surface area contributed by atoms with Crippen molar-refractivity contribution in [1.82, 2.24) is 4.98 Å². The number of benzene rings is 1. The number of aromatic amines is 1. The van der Waals surface area contributed by atoms with Crippen molar-refractivity contribution in [3.63, 3.8) is 0 Å². The van der Waals surface area contributed by atoms with Crippen molar-refractivity contribution in [3.8, 4) is 0 Å². The number of aromatic nitrogens is 1. The average Bonchev–Trinajstić information content (AvgIpc) is 2.69. The molecule has 0 bridgehead atoms. The molecule has 1 amide bonds. The highest BCUT2D eigenvalue weighted by atomic mass is 79.9. The highest BCUT2D eigenvalue weighted by Gasteiger charge is 2.22. The fourth-order valence-corrected chi connectivity index (χ4v) is 2.44. The zero-order valence-corrected chi connectivity index (χ0v) is 12.8. The highest BCUT2D eigenvalue weighted by Crippen LogP contribution is 2.23. The van der Waals surface area contributed by atoms with E-state index in [1.54, 1.807) is 6.92 Å². The Morgan fingerprint density at radius 3 is 2.57 bits per heavy atom. The average molecular weight is 355 g/mol. The van der Waals surface area contributed by atoms with Crippen molar-refractivity contribution < 1.29 is 19.1 Å². The van der Waals surface area contributed by atoms with Crippen LogP contribution in [0.5, 0.6) is 0 Å². The molecule has 21 heavy (non-hydrogen) atoms. The van der Waals surface area contributed by atoms with Gasteiger partial charge in [-0.15, -0.1) is 0 Å². The summed E-state index contributed by atoms with van der Waals surface area (Å²) >= 11 is 3.19. The smallest absolute Gasteiger partial charge is 0.352 e. The fourth-order valence-electron chi connectivity index (χ4n) is 2.08. The SMILES string of the molecule is Cc1[nH]c(C(=O)O)c(C)c1C(=O)Nc1cc(Br)ccc1F. The zero-order valence-electron chi connectivity index (χ0n) is 11.3. The number of carbonyl (C=O) groups excluding carboxylic acids is 1. The van der Waals surface area contributed by atoms with Crippen molar-refractivity contribution in [1.29, 1.82) is 0 Å². The van der Waals surface area contributed by atoms with Crippen LogP contribution in [-0.4, -0.2) is 22.0 Å². The Morgan fingerprint density at radius 2 is 2.00 bits per heavy atom. The van der Waals surface area contributed by atoms with Crippen molar-refractivity contribution in [2.45, 2.75) is 13.8 Å². The van der Waals surface area contributed by atoms with Crippen LogP contribution in [0.25, 0.3) is 0 Å². The molecule has 1 aromatic heterocycles.